The molecule has 130 valence electrons. The van der Waals surface area contributed by atoms with Gasteiger partial charge in [0.1, 0.15) is 0 Å². The van der Waals surface area contributed by atoms with Crippen LogP contribution in [0, 0.1) is 34.5 Å². The van der Waals surface area contributed by atoms with Gasteiger partial charge in [0.2, 0.25) is 0 Å². The van der Waals surface area contributed by atoms with Crippen molar-refractivity contribution in [2.75, 3.05) is 13.1 Å². The van der Waals surface area contributed by atoms with Crippen LogP contribution in [0.2, 0.25) is 0 Å². The fraction of sp³-hybridized carbons (Fsp3) is 0.400. The fourth-order valence-corrected chi connectivity index (χ4v) is 4.09. The second kappa shape index (κ2) is 6.74. The average Bonchev–Trinajstić information content (AvgIpc) is 3.15. The van der Waals surface area contributed by atoms with Gasteiger partial charge in [-0.2, -0.15) is 15.6 Å². The van der Waals surface area contributed by atoms with Gasteiger partial charge in [-0.1, -0.05) is 6.07 Å². The van der Waals surface area contributed by atoms with Crippen molar-refractivity contribution in [1.82, 2.24) is 15.5 Å². The van der Waals surface area contributed by atoms with Crippen LogP contribution < -0.4 is 5.32 Å². The molecule has 1 fully saturated rings. The number of piperidine rings is 1. The maximum Gasteiger partial charge on any atom is 0.0973 e. The quantitative estimate of drug-likeness (QED) is 0.874. The van der Waals surface area contributed by atoms with Crippen molar-refractivity contribution in [3.05, 3.63) is 41.2 Å². The van der Waals surface area contributed by atoms with Crippen LogP contribution in [0.4, 0.5) is 0 Å². The number of aromatic amines is 1. The highest BCUT2D eigenvalue weighted by molar-refractivity contribution is 5.91. The van der Waals surface area contributed by atoms with E-state index in [9.17, 15) is 10.5 Å². The number of nitrogens with one attached hydrogen (secondary N) is 2. The highest BCUT2D eigenvalue weighted by Crippen LogP contribution is 2.41. The molecule has 0 spiro atoms. The summed E-state index contributed by atoms with van der Waals surface area (Å²) in [7, 11) is 0. The van der Waals surface area contributed by atoms with Gasteiger partial charge >= 0.3 is 0 Å². The third-order valence-corrected chi connectivity index (χ3v) is 5.43. The Labute approximate surface area is 152 Å². The number of nitriles is 2. The van der Waals surface area contributed by atoms with Gasteiger partial charge in [-0.05, 0) is 44.0 Å². The number of fused-ring (bicyclic) bond motifs is 1. The zero-order valence-corrected chi connectivity index (χ0v) is 14.7. The number of rotatable bonds is 2. The van der Waals surface area contributed by atoms with E-state index in [4.69, 9.17) is 4.99 Å². The predicted octanol–water partition coefficient (Wildman–Crippen LogP) is 3.04. The first-order chi connectivity index (χ1) is 12.7. The molecule has 3 unspecified atom stereocenters. The van der Waals surface area contributed by atoms with Crippen LogP contribution in [0.15, 0.2) is 40.7 Å². The van der Waals surface area contributed by atoms with Crippen molar-refractivity contribution >= 4 is 16.6 Å². The summed E-state index contributed by atoms with van der Waals surface area (Å²) < 4.78 is 0. The topological polar surface area (TPSA) is 101 Å². The van der Waals surface area contributed by atoms with Crippen LogP contribution in [-0.2, 0) is 0 Å². The molecule has 2 N–H and O–H groups in total. The minimum atomic E-state index is -0.422. The molecular formula is C20H20N6. The minimum Gasteiger partial charge on any atom is -0.316 e. The first kappa shape index (κ1) is 16.5. The first-order valence-electron chi connectivity index (χ1n) is 8.95. The largest absolute Gasteiger partial charge is 0.316 e. The van der Waals surface area contributed by atoms with Gasteiger partial charge in [-0.3, -0.25) is 10.1 Å². The minimum absolute atomic E-state index is 0.230. The summed E-state index contributed by atoms with van der Waals surface area (Å²) in [4.78, 5) is 4.73. The normalized spacial score (nSPS) is 26.3. The molecule has 4 rings (SSSR count). The standard InChI is InChI=1S/C20H20N6/c1-12-16(8-21)19(13-4-5-18-15(7-13)11-24-26-18)17(9-22)20(25-12)14-3-2-6-23-10-14/h4-5,7,11,14,16,19,23H,2-3,6,10H2,1H3,(H,24,26). The molecule has 1 aromatic heterocycles. The summed E-state index contributed by atoms with van der Waals surface area (Å²) in [6.45, 7) is 3.75. The number of H-pyrrole nitrogens is 1. The Bertz CT molecular complexity index is 978. The van der Waals surface area contributed by atoms with Gasteiger partial charge in [0.05, 0.1) is 41.0 Å². The lowest BCUT2D eigenvalue weighted by molar-refractivity contribution is 0.414. The SMILES string of the molecule is CC1=NC(C2CCCNC2)=C(C#N)C(c2ccc3[nH]ncc3c2)C1C#N. The zero-order valence-electron chi connectivity index (χ0n) is 14.7. The third kappa shape index (κ3) is 2.69. The highest BCUT2D eigenvalue weighted by atomic mass is 15.1. The number of aromatic nitrogens is 2. The Hall–Kier alpha value is -2.96. The molecule has 0 radical (unpaired) electrons. The number of hydrogen-bond donors (Lipinski definition) is 2. The lowest BCUT2D eigenvalue weighted by atomic mass is 9.74. The molecule has 0 aliphatic carbocycles. The van der Waals surface area contributed by atoms with Crippen molar-refractivity contribution in [2.45, 2.75) is 25.7 Å². The molecule has 1 aromatic carbocycles. The molecule has 3 atom stereocenters. The van der Waals surface area contributed by atoms with E-state index in [1.807, 2.05) is 25.1 Å². The van der Waals surface area contributed by atoms with Crippen LogP contribution in [-0.4, -0.2) is 29.0 Å². The molecule has 0 saturated carbocycles. The number of nitrogens with zero attached hydrogens (tertiary/aromatic N) is 4. The lowest BCUT2D eigenvalue weighted by Crippen LogP contribution is -2.34. The van der Waals surface area contributed by atoms with Crippen LogP contribution in [0.1, 0.15) is 31.2 Å². The molecule has 2 aliphatic rings. The van der Waals surface area contributed by atoms with Crippen molar-refractivity contribution in [3.63, 3.8) is 0 Å². The second-order valence-corrected chi connectivity index (χ2v) is 7.01. The van der Waals surface area contributed by atoms with E-state index < -0.39 is 5.92 Å². The van der Waals surface area contributed by atoms with Crippen molar-refractivity contribution in [2.24, 2.45) is 16.8 Å². The first-order valence-corrected chi connectivity index (χ1v) is 8.95. The molecule has 2 aliphatic heterocycles. The maximum absolute atomic E-state index is 9.97. The van der Waals surface area contributed by atoms with Gasteiger partial charge in [0.25, 0.3) is 0 Å². The summed E-state index contributed by atoms with van der Waals surface area (Å²) in [6.07, 6.45) is 3.87. The Morgan fingerprint density at radius 1 is 1.27 bits per heavy atom. The molecule has 0 amide bonds. The van der Waals surface area contributed by atoms with Crippen LogP contribution in [0.3, 0.4) is 0 Å². The highest BCUT2D eigenvalue weighted by Gasteiger charge is 2.37. The predicted molar refractivity (Wildman–Crippen MR) is 99.3 cm³/mol. The monoisotopic (exact) mass is 344 g/mol. The maximum atomic E-state index is 9.97. The van der Waals surface area contributed by atoms with Crippen LogP contribution >= 0.6 is 0 Å². The third-order valence-electron chi connectivity index (χ3n) is 5.43. The summed E-state index contributed by atoms with van der Waals surface area (Å²) in [5.74, 6) is -0.471. The van der Waals surface area contributed by atoms with E-state index in [0.717, 1.165) is 53.8 Å². The van der Waals surface area contributed by atoms with Gasteiger partial charge in [0.15, 0.2) is 0 Å². The number of benzene rings is 1. The van der Waals surface area contributed by atoms with Gasteiger partial charge in [0, 0.05) is 29.5 Å². The molecule has 1 saturated heterocycles. The Morgan fingerprint density at radius 2 is 2.15 bits per heavy atom. The number of aliphatic imine (C=N–C) groups is 1. The molecule has 3 heterocycles. The van der Waals surface area contributed by atoms with Gasteiger partial charge in [-0.15, -0.1) is 0 Å². The summed E-state index contributed by atoms with van der Waals surface area (Å²) in [5, 5.41) is 31.2. The average molecular weight is 344 g/mol. The molecule has 6 nitrogen and oxygen atoms in total. The van der Waals surface area contributed by atoms with Crippen LogP contribution in [0.25, 0.3) is 10.9 Å². The van der Waals surface area contributed by atoms with Gasteiger partial charge < -0.3 is 5.32 Å². The lowest BCUT2D eigenvalue weighted by Gasteiger charge is -2.32. The Kier molecular flexibility index (Phi) is 4.28. The molecule has 26 heavy (non-hydrogen) atoms. The summed E-state index contributed by atoms with van der Waals surface area (Å²) in [6, 6.07) is 10.8. The van der Waals surface area contributed by atoms with E-state index >= 15 is 0 Å². The molecule has 0 bridgehead atoms. The van der Waals surface area contributed by atoms with E-state index in [1.165, 1.54) is 0 Å². The number of hydrogen-bond acceptors (Lipinski definition) is 5. The van der Waals surface area contributed by atoms with Gasteiger partial charge in [-0.25, -0.2) is 0 Å². The fourth-order valence-electron chi connectivity index (χ4n) is 4.09. The van der Waals surface area contributed by atoms with Crippen molar-refractivity contribution in [1.29, 1.82) is 10.5 Å². The Morgan fingerprint density at radius 3 is 2.88 bits per heavy atom. The van der Waals surface area contributed by atoms with E-state index in [2.05, 4.69) is 27.7 Å². The number of allylic oxidation sites excluding steroid dienone is 1. The second-order valence-electron chi connectivity index (χ2n) is 7.01. The molecule has 6 heteroatoms. The summed E-state index contributed by atoms with van der Waals surface area (Å²) >= 11 is 0. The van der Waals surface area contributed by atoms with E-state index in [1.54, 1.807) is 6.20 Å². The Balaban J connectivity index is 1.85. The van der Waals surface area contributed by atoms with E-state index in [0.29, 0.717) is 5.57 Å². The van der Waals surface area contributed by atoms with Crippen LogP contribution in [0.5, 0.6) is 0 Å². The summed E-state index contributed by atoms with van der Waals surface area (Å²) in [5.41, 5.74) is 4.21. The van der Waals surface area contributed by atoms with Crippen molar-refractivity contribution < 1.29 is 0 Å². The smallest absolute Gasteiger partial charge is 0.0973 e. The molecular weight excluding hydrogens is 324 g/mol. The zero-order chi connectivity index (χ0) is 18.1. The van der Waals surface area contributed by atoms with Crippen molar-refractivity contribution in [3.8, 4) is 12.1 Å². The van der Waals surface area contributed by atoms with E-state index in [-0.39, 0.29) is 11.8 Å². The molecule has 2 aromatic rings.